The SMILES string of the molecule is CC(=O)C[C-]=O.[V]. The molecule has 0 bridgehead atoms. The van der Waals surface area contributed by atoms with Crippen molar-refractivity contribution in [1.29, 1.82) is 0 Å². The second-order valence-corrected chi connectivity index (χ2v) is 1.02. The van der Waals surface area contributed by atoms with Crippen molar-refractivity contribution in [3.63, 3.8) is 0 Å². The molecule has 7 heavy (non-hydrogen) atoms. The third kappa shape index (κ3) is 10.7. The van der Waals surface area contributed by atoms with Gasteiger partial charge in [-0.2, -0.15) is 0 Å². The summed E-state index contributed by atoms with van der Waals surface area (Å²) in [5, 5.41) is 0. The van der Waals surface area contributed by atoms with Gasteiger partial charge in [0, 0.05) is 18.6 Å². The molecule has 1 radical (unpaired) electrons. The van der Waals surface area contributed by atoms with Gasteiger partial charge in [-0.25, -0.2) is 0 Å². The Morgan fingerprint density at radius 2 is 2.14 bits per heavy atom. The van der Waals surface area contributed by atoms with E-state index in [0.717, 1.165) is 0 Å². The molecular weight excluding hydrogens is 131 g/mol. The van der Waals surface area contributed by atoms with Crippen molar-refractivity contribution >= 4 is 12.1 Å². The van der Waals surface area contributed by atoms with Gasteiger partial charge in [0.1, 0.15) is 5.78 Å². The number of ketones is 1. The van der Waals surface area contributed by atoms with E-state index in [1.165, 1.54) is 13.2 Å². The summed E-state index contributed by atoms with van der Waals surface area (Å²) in [5.74, 6) is -0.134. The van der Waals surface area contributed by atoms with Gasteiger partial charge in [0.05, 0.1) is 0 Å². The zero-order valence-corrected chi connectivity index (χ0v) is 5.37. The maximum Gasteiger partial charge on any atom is 0.103 e. The summed E-state index contributed by atoms with van der Waals surface area (Å²) in [7, 11) is 0. The molecule has 0 saturated heterocycles. The van der Waals surface area contributed by atoms with Crippen LogP contribution in [0.4, 0.5) is 0 Å². The smallest absolute Gasteiger partial charge is 0.103 e. The van der Waals surface area contributed by atoms with Crippen molar-refractivity contribution in [2.24, 2.45) is 0 Å². The normalized spacial score (nSPS) is 6.43. The van der Waals surface area contributed by atoms with Crippen molar-refractivity contribution in [2.75, 3.05) is 0 Å². The first kappa shape index (κ1) is 10.0. The number of rotatable bonds is 2. The Kier molecular flexibility index (Phi) is 8.48. The molecule has 0 aliphatic heterocycles. The Morgan fingerprint density at radius 1 is 1.71 bits per heavy atom. The van der Waals surface area contributed by atoms with Crippen LogP contribution in [0.5, 0.6) is 0 Å². The Morgan fingerprint density at radius 3 is 2.14 bits per heavy atom. The van der Waals surface area contributed by atoms with Crippen molar-refractivity contribution in [1.82, 2.24) is 0 Å². The van der Waals surface area contributed by atoms with E-state index < -0.39 is 0 Å². The summed E-state index contributed by atoms with van der Waals surface area (Å²) < 4.78 is 0. The van der Waals surface area contributed by atoms with Crippen LogP contribution in [0.2, 0.25) is 0 Å². The number of carbonyl (C=O) groups is 1. The summed E-state index contributed by atoms with van der Waals surface area (Å²) in [4.78, 5) is 19.1. The Hall–Kier alpha value is -0.0756. The number of Topliss-reactive ketones (excluding diaryl/α,β-unsaturated/α-hetero) is 1. The third-order valence-electron chi connectivity index (χ3n) is 0.321. The van der Waals surface area contributed by atoms with E-state index in [4.69, 9.17) is 0 Å². The van der Waals surface area contributed by atoms with E-state index in [2.05, 4.69) is 0 Å². The Bertz CT molecular complexity index is 70.1. The number of carbonyl (C=O) groups excluding carboxylic acids is 2. The van der Waals surface area contributed by atoms with Crippen molar-refractivity contribution < 1.29 is 28.1 Å². The molecule has 0 spiro atoms. The fraction of sp³-hybridized carbons (Fsp3) is 0.500. The molecule has 2 nitrogen and oxygen atoms in total. The second kappa shape index (κ2) is 5.92. The van der Waals surface area contributed by atoms with Gasteiger partial charge in [0.25, 0.3) is 0 Å². The molecule has 0 unspecified atom stereocenters. The van der Waals surface area contributed by atoms with Gasteiger partial charge in [-0.3, -0.25) is 6.29 Å². The summed E-state index contributed by atoms with van der Waals surface area (Å²) in [5.41, 5.74) is 0. The molecule has 0 rings (SSSR count). The average molecular weight is 136 g/mol. The van der Waals surface area contributed by atoms with Crippen LogP contribution < -0.4 is 0 Å². The minimum atomic E-state index is -0.134. The minimum absolute atomic E-state index is 0. The Labute approximate surface area is 54.2 Å². The monoisotopic (exact) mass is 136 g/mol. The predicted molar refractivity (Wildman–Crippen MR) is 21.0 cm³/mol. The molecule has 0 aromatic rings. The Balaban J connectivity index is 0. The molecule has 0 aliphatic rings. The van der Waals surface area contributed by atoms with Crippen LogP contribution >= 0.6 is 0 Å². The number of hydrogen-bond donors (Lipinski definition) is 0. The molecule has 0 heterocycles. The van der Waals surface area contributed by atoms with E-state index in [-0.39, 0.29) is 30.8 Å². The molecule has 39 valence electrons. The molecule has 0 aliphatic carbocycles. The number of hydrogen-bond acceptors (Lipinski definition) is 2. The maximum absolute atomic E-state index is 9.78. The standard InChI is InChI=1S/C4H5O2.V/c1-4(6)2-3-5;/h2H2,1H3;/q-1;. The largest absolute Gasteiger partial charge is 0.541 e. The van der Waals surface area contributed by atoms with Gasteiger partial charge in [0.15, 0.2) is 0 Å². The summed E-state index contributed by atoms with van der Waals surface area (Å²) in [6, 6.07) is 0. The van der Waals surface area contributed by atoms with Gasteiger partial charge < -0.3 is 9.59 Å². The summed E-state index contributed by atoms with van der Waals surface area (Å²) >= 11 is 0. The molecule has 0 N–H and O–H groups in total. The van der Waals surface area contributed by atoms with Crippen molar-refractivity contribution in [2.45, 2.75) is 13.3 Å². The van der Waals surface area contributed by atoms with Crippen LogP contribution in [-0.4, -0.2) is 12.1 Å². The van der Waals surface area contributed by atoms with Gasteiger partial charge >= 0.3 is 0 Å². The molecule has 0 fully saturated rings. The van der Waals surface area contributed by atoms with E-state index >= 15 is 0 Å². The first-order valence-electron chi connectivity index (χ1n) is 1.62. The second-order valence-electron chi connectivity index (χ2n) is 1.02. The van der Waals surface area contributed by atoms with Gasteiger partial charge in [-0.15, -0.1) is 0 Å². The van der Waals surface area contributed by atoms with Crippen molar-refractivity contribution in [3.8, 4) is 0 Å². The van der Waals surface area contributed by atoms with Gasteiger partial charge in [-0.05, 0) is 6.92 Å². The fourth-order valence-electron chi connectivity index (χ4n) is 0.102. The summed E-state index contributed by atoms with van der Waals surface area (Å²) in [6.07, 6.45) is 1.40. The van der Waals surface area contributed by atoms with Crippen LogP contribution in [0, 0.1) is 0 Å². The van der Waals surface area contributed by atoms with E-state index in [1.54, 1.807) is 0 Å². The molecular formula is C4H5O2V-. The van der Waals surface area contributed by atoms with Crippen LogP contribution in [0.1, 0.15) is 13.3 Å². The van der Waals surface area contributed by atoms with Crippen LogP contribution in [0.3, 0.4) is 0 Å². The molecule has 0 aromatic carbocycles. The van der Waals surface area contributed by atoms with Crippen LogP contribution in [0.15, 0.2) is 0 Å². The van der Waals surface area contributed by atoms with E-state index in [1.807, 2.05) is 0 Å². The van der Waals surface area contributed by atoms with E-state index in [9.17, 15) is 9.59 Å². The van der Waals surface area contributed by atoms with Gasteiger partial charge in [-0.1, -0.05) is 6.42 Å². The quantitative estimate of drug-likeness (QED) is 0.397. The fourth-order valence-corrected chi connectivity index (χ4v) is 0.102. The predicted octanol–water partition coefficient (Wildman–Crippen LogP) is 0.0727. The van der Waals surface area contributed by atoms with Crippen molar-refractivity contribution in [3.05, 3.63) is 0 Å². The maximum atomic E-state index is 9.78. The molecule has 3 heteroatoms. The first-order valence-corrected chi connectivity index (χ1v) is 1.62. The summed E-state index contributed by atoms with van der Waals surface area (Å²) in [6.45, 7) is 1.35. The zero-order valence-electron chi connectivity index (χ0n) is 3.97. The molecule has 0 amide bonds. The third-order valence-corrected chi connectivity index (χ3v) is 0.321. The topological polar surface area (TPSA) is 34.1 Å². The molecule has 0 atom stereocenters. The molecule has 0 aromatic heterocycles. The van der Waals surface area contributed by atoms with E-state index in [0.29, 0.717) is 0 Å². The van der Waals surface area contributed by atoms with Crippen LogP contribution in [-0.2, 0) is 28.1 Å². The molecule has 0 saturated carbocycles. The first-order chi connectivity index (χ1) is 2.77. The average Bonchev–Trinajstić information content (AvgIpc) is 1.35. The minimum Gasteiger partial charge on any atom is -0.541 e. The zero-order chi connectivity index (χ0) is 4.99. The van der Waals surface area contributed by atoms with Crippen LogP contribution in [0.25, 0.3) is 0 Å². The van der Waals surface area contributed by atoms with Gasteiger partial charge in [0.2, 0.25) is 0 Å².